The molecule has 1 aromatic carbocycles. The average molecular weight is 554 g/mol. The second-order valence-electron chi connectivity index (χ2n) is 6.78. The maximum atomic E-state index is 11.5. The number of ketones is 2. The van der Waals surface area contributed by atoms with E-state index in [0.717, 1.165) is 0 Å². The number of carbonyl (C=O) groups is 2. The van der Waals surface area contributed by atoms with E-state index >= 15 is 0 Å². The quantitative estimate of drug-likeness (QED) is 0.500. The monoisotopic (exact) mass is 553 g/mol. The topological polar surface area (TPSA) is 43.4 Å². The van der Waals surface area contributed by atoms with Crippen LogP contribution in [0.5, 0.6) is 0 Å². The van der Waals surface area contributed by atoms with E-state index in [0.29, 0.717) is 16.7 Å². The Hall–Kier alpha value is -1.14. The van der Waals surface area contributed by atoms with Gasteiger partial charge >= 0.3 is 0 Å². The van der Waals surface area contributed by atoms with Crippen LogP contribution in [0.4, 0.5) is 0 Å². The molecule has 0 radical (unpaired) electrons. The van der Waals surface area contributed by atoms with Crippen LogP contribution in [0, 0.1) is 0 Å². The van der Waals surface area contributed by atoms with Gasteiger partial charge in [0.15, 0.2) is 28.2 Å². The summed E-state index contributed by atoms with van der Waals surface area (Å²) in [5.41, 5.74) is 5.48. The molecule has 0 spiro atoms. The summed E-state index contributed by atoms with van der Waals surface area (Å²) in [5.74, 6) is -0.122. The summed E-state index contributed by atoms with van der Waals surface area (Å²) < 4.78 is 5.97. The molecule has 1 aromatic rings. The van der Waals surface area contributed by atoms with Gasteiger partial charge in [-0.15, -0.1) is 13.2 Å². The number of allylic oxidation sites excluding steroid dienone is 2. The summed E-state index contributed by atoms with van der Waals surface area (Å²) >= 11 is 0. The number of carbonyl (C=O) groups excluding carboxylic acids is 2. The minimum absolute atomic E-state index is 0. The molecule has 0 bridgehead atoms. The number of hydrogen-bond acceptors (Lipinski definition) is 3. The fourth-order valence-corrected chi connectivity index (χ4v) is 8.30. The molecule has 0 atom stereocenters. The van der Waals surface area contributed by atoms with Gasteiger partial charge in [-0.1, -0.05) is 35.7 Å². The van der Waals surface area contributed by atoms with Crippen molar-refractivity contribution < 1.29 is 34.8 Å². The van der Waals surface area contributed by atoms with Crippen molar-refractivity contribution >= 4 is 28.2 Å². The summed E-state index contributed by atoms with van der Waals surface area (Å²) in [6, 6.07) is 6.89. The number of hydrogen-bond donors (Lipinski definition) is 0. The standard InChI is InChI=1S/C11H8O2.C8H18OSi2.Pt/c1-7-6-10(12)8-4-2-3-5-9(8)11(7)13;1-7-10(3,4)9-11(5,6)8-2;/h2-6H,1H3;7-8H,1-2H2,3-6H3;. The van der Waals surface area contributed by atoms with E-state index in [1.165, 1.54) is 6.08 Å². The normalized spacial score (nSPS) is 13.6. The van der Waals surface area contributed by atoms with Crippen LogP contribution < -0.4 is 0 Å². The second-order valence-corrected chi connectivity index (χ2v) is 14.8. The maximum Gasteiger partial charge on any atom is 0.198 e. The zero-order valence-corrected chi connectivity index (χ0v) is 19.8. The van der Waals surface area contributed by atoms with Crippen molar-refractivity contribution in [1.29, 1.82) is 0 Å². The molecule has 6 heteroatoms. The summed E-state index contributed by atoms with van der Waals surface area (Å²) in [6.07, 6.45) is 1.39. The van der Waals surface area contributed by atoms with Crippen LogP contribution in [0.2, 0.25) is 26.2 Å². The largest absolute Gasteiger partial charge is 0.449 e. The molecule has 0 heterocycles. The van der Waals surface area contributed by atoms with Crippen LogP contribution in [0.25, 0.3) is 0 Å². The van der Waals surface area contributed by atoms with Crippen LogP contribution >= 0.6 is 0 Å². The van der Waals surface area contributed by atoms with Crippen molar-refractivity contribution in [2.75, 3.05) is 0 Å². The molecular weight excluding hydrogens is 527 g/mol. The molecule has 0 aromatic heterocycles. The molecule has 1 aliphatic rings. The van der Waals surface area contributed by atoms with Gasteiger partial charge in [0.1, 0.15) is 0 Å². The van der Waals surface area contributed by atoms with Gasteiger partial charge in [-0.05, 0) is 39.2 Å². The van der Waals surface area contributed by atoms with Crippen LogP contribution in [-0.2, 0) is 25.2 Å². The Kier molecular flexibility index (Phi) is 9.10. The van der Waals surface area contributed by atoms with Gasteiger partial charge in [0, 0.05) is 37.8 Å². The van der Waals surface area contributed by atoms with Gasteiger partial charge in [0.25, 0.3) is 0 Å². The summed E-state index contributed by atoms with van der Waals surface area (Å²) in [7, 11) is -3.16. The Morgan fingerprint density at radius 2 is 1.36 bits per heavy atom. The Bertz CT molecular complexity index is 688. The number of fused-ring (bicyclic) bond motifs is 1. The first-order valence-electron chi connectivity index (χ1n) is 7.87. The molecule has 1 aliphatic carbocycles. The fraction of sp³-hybridized carbons (Fsp3) is 0.263. The van der Waals surface area contributed by atoms with Gasteiger partial charge in [-0.2, -0.15) is 0 Å². The first kappa shape index (κ1) is 23.9. The molecule has 0 saturated heterocycles. The van der Waals surface area contributed by atoms with Crippen molar-refractivity contribution in [3.8, 4) is 0 Å². The molecule has 0 fully saturated rings. The molecule has 0 unspecified atom stereocenters. The Morgan fingerprint density at radius 1 is 0.920 bits per heavy atom. The maximum absolute atomic E-state index is 11.5. The molecule has 25 heavy (non-hydrogen) atoms. The van der Waals surface area contributed by atoms with Gasteiger partial charge in [0.2, 0.25) is 0 Å². The van der Waals surface area contributed by atoms with Crippen molar-refractivity contribution in [3.63, 3.8) is 0 Å². The Balaban J connectivity index is 0.000000451. The van der Waals surface area contributed by atoms with Crippen molar-refractivity contribution in [1.82, 2.24) is 0 Å². The smallest absolute Gasteiger partial charge is 0.198 e. The average Bonchev–Trinajstić information content (AvgIpc) is 2.52. The van der Waals surface area contributed by atoms with Gasteiger partial charge in [-0.25, -0.2) is 0 Å². The number of benzene rings is 1. The van der Waals surface area contributed by atoms with Crippen molar-refractivity contribution in [2.24, 2.45) is 0 Å². The van der Waals surface area contributed by atoms with E-state index < -0.39 is 16.6 Å². The van der Waals surface area contributed by atoms with Crippen molar-refractivity contribution in [3.05, 3.63) is 71.6 Å². The summed E-state index contributed by atoms with van der Waals surface area (Å²) in [5, 5.41) is 0. The van der Waals surface area contributed by atoms with E-state index in [1.54, 1.807) is 31.2 Å². The molecule has 0 N–H and O–H groups in total. The van der Waals surface area contributed by atoms with Gasteiger partial charge in [-0.3, -0.25) is 9.59 Å². The third-order valence-electron chi connectivity index (χ3n) is 3.65. The molecule has 2 rings (SSSR count). The van der Waals surface area contributed by atoms with Crippen LogP contribution in [0.15, 0.2) is 60.5 Å². The third-order valence-corrected chi connectivity index (χ3v) is 9.83. The zero-order valence-electron chi connectivity index (χ0n) is 15.5. The van der Waals surface area contributed by atoms with Crippen molar-refractivity contribution in [2.45, 2.75) is 33.1 Å². The predicted octanol–water partition coefficient (Wildman–Crippen LogP) is 4.87. The van der Waals surface area contributed by atoms with E-state index in [4.69, 9.17) is 4.12 Å². The van der Waals surface area contributed by atoms with E-state index in [9.17, 15) is 9.59 Å². The third kappa shape index (κ3) is 6.94. The summed E-state index contributed by atoms with van der Waals surface area (Å²) in [6.45, 7) is 17.8. The van der Waals surface area contributed by atoms with Gasteiger partial charge in [0.05, 0.1) is 0 Å². The molecule has 3 nitrogen and oxygen atoms in total. The molecule has 0 saturated carbocycles. The Labute approximate surface area is 167 Å². The first-order valence-corrected chi connectivity index (χ1v) is 13.8. The fourth-order valence-electron chi connectivity index (χ4n) is 2.21. The predicted molar refractivity (Wildman–Crippen MR) is 105 cm³/mol. The molecule has 0 amide bonds. The van der Waals surface area contributed by atoms with E-state index in [2.05, 4.69) is 39.3 Å². The van der Waals surface area contributed by atoms with Crippen LogP contribution in [0.1, 0.15) is 27.6 Å². The number of Topliss-reactive ketones (excluding diaryl/α,β-unsaturated/α-hetero) is 1. The van der Waals surface area contributed by atoms with E-state index in [1.807, 2.05) is 11.4 Å². The van der Waals surface area contributed by atoms with Crippen LogP contribution in [-0.4, -0.2) is 28.2 Å². The molecular formula is C19H26O3PtSi2. The van der Waals surface area contributed by atoms with Gasteiger partial charge < -0.3 is 4.12 Å². The summed E-state index contributed by atoms with van der Waals surface area (Å²) in [4.78, 5) is 23.0. The SMILES string of the molecule is C=C[Si](C)(C)O[Si](C)(C)C=C.CC1=CC(=O)c2ccccc2C1=O.[Pt]. The minimum Gasteiger partial charge on any atom is -0.449 e. The second kappa shape index (κ2) is 9.53. The van der Waals surface area contributed by atoms with E-state index in [-0.39, 0.29) is 32.6 Å². The Morgan fingerprint density at radius 3 is 1.80 bits per heavy atom. The number of rotatable bonds is 4. The first-order chi connectivity index (χ1) is 11.0. The zero-order chi connectivity index (χ0) is 18.5. The van der Waals surface area contributed by atoms with Crippen LogP contribution in [0.3, 0.4) is 0 Å². The molecule has 0 aliphatic heterocycles. The minimum atomic E-state index is -1.58. The molecule has 138 valence electrons.